The molecule has 0 aromatic heterocycles. The highest BCUT2D eigenvalue weighted by Crippen LogP contribution is 2.13. The SMILES string of the molecule is C=C1CCCN(C(=O)[C@@H](C)O)C1. The fourth-order valence-corrected chi connectivity index (χ4v) is 1.40. The summed E-state index contributed by atoms with van der Waals surface area (Å²) in [5, 5.41) is 9.04. The topological polar surface area (TPSA) is 40.5 Å². The van der Waals surface area contributed by atoms with Gasteiger partial charge in [0.15, 0.2) is 0 Å². The van der Waals surface area contributed by atoms with Gasteiger partial charge >= 0.3 is 0 Å². The molecule has 1 amide bonds. The largest absolute Gasteiger partial charge is 0.384 e. The van der Waals surface area contributed by atoms with Gasteiger partial charge in [0.25, 0.3) is 5.91 Å². The lowest BCUT2D eigenvalue weighted by Crippen LogP contribution is -2.41. The molecule has 0 bridgehead atoms. The summed E-state index contributed by atoms with van der Waals surface area (Å²) < 4.78 is 0. The zero-order chi connectivity index (χ0) is 9.14. The zero-order valence-corrected chi connectivity index (χ0v) is 7.42. The third kappa shape index (κ3) is 2.08. The van der Waals surface area contributed by atoms with E-state index >= 15 is 0 Å². The molecule has 1 saturated heterocycles. The number of hydrogen-bond donors (Lipinski definition) is 1. The van der Waals surface area contributed by atoms with Crippen molar-refractivity contribution in [2.75, 3.05) is 13.1 Å². The maximum atomic E-state index is 11.3. The average molecular weight is 169 g/mol. The third-order valence-electron chi connectivity index (χ3n) is 2.04. The number of likely N-dealkylation sites (tertiary alicyclic amines) is 1. The minimum Gasteiger partial charge on any atom is -0.384 e. The maximum Gasteiger partial charge on any atom is 0.251 e. The maximum absolute atomic E-state index is 11.3. The quantitative estimate of drug-likeness (QED) is 0.582. The average Bonchev–Trinajstić information content (AvgIpc) is 2.03. The Labute approximate surface area is 72.7 Å². The summed E-state index contributed by atoms with van der Waals surface area (Å²) in [6.45, 7) is 6.70. The molecule has 1 aliphatic rings. The first kappa shape index (κ1) is 9.26. The van der Waals surface area contributed by atoms with E-state index in [1.165, 1.54) is 6.92 Å². The number of carbonyl (C=O) groups excluding carboxylic acids is 1. The van der Waals surface area contributed by atoms with Gasteiger partial charge in [0.2, 0.25) is 0 Å². The van der Waals surface area contributed by atoms with Crippen LogP contribution in [0.5, 0.6) is 0 Å². The van der Waals surface area contributed by atoms with Gasteiger partial charge < -0.3 is 10.0 Å². The monoisotopic (exact) mass is 169 g/mol. The van der Waals surface area contributed by atoms with E-state index < -0.39 is 6.10 Å². The summed E-state index contributed by atoms with van der Waals surface area (Å²) >= 11 is 0. The van der Waals surface area contributed by atoms with Gasteiger partial charge in [-0.25, -0.2) is 0 Å². The molecule has 0 aromatic carbocycles. The second kappa shape index (κ2) is 3.72. The fourth-order valence-electron chi connectivity index (χ4n) is 1.40. The van der Waals surface area contributed by atoms with Crippen molar-refractivity contribution in [2.24, 2.45) is 0 Å². The molecule has 0 radical (unpaired) electrons. The van der Waals surface area contributed by atoms with Crippen LogP contribution in [-0.4, -0.2) is 35.1 Å². The molecule has 1 fully saturated rings. The summed E-state index contributed by atoms with van der Waals surface area (Å²) in [5.74, 6) is -0.184. The van der Waals surface area contributed by atoms with Crippen molar-refractivity contribution >= 4 is 5.91 Å². The number of aliphatic hydroxyl groups excluding tert-OH is 1. The van der Waals surface area contributed by atoms with Crippen molar-refractivity contribution < 1.29 is 9.90 Å². The van der Waals surface area contributed by atoms with Gasteiger partial charge in [-0.2, -0.15) is 0 Å². The summed E-state index contributed by atoms with van der Waals surface area (Å²) in [6.07, 6.45) is 1.09. The Balaban J connectivity index is 2.51. The highest BCUT2D eigenvalue weighted by Gasteiger charge is 2.21. The van der Waals surface area contributed by atoms with E-state index in [-0.39, 0.29) is 5.91 Å². The first-order valence-corrected chi connectivity index (χ1v) is 4.25. The Morgan fingerprint density at radius 3 is 2.92 bits per heavy atom. The second-order valence-corrected chi connectivity index (χ2v) is 3.29. The van der Waals surface area contributed by atoms with Crippen LogP contribution in [0.25, 0.3) is 0 Å². The van der Waals surface area contributed by atoms with Crippen molar-refractivity contribution in [3.63, 3.8) is 0 Å². The number of amides is 1. The standard InChI is InChI=1S/C9H15NO2/c1-7-4-3-5-10(6-7)9(12)8(2)11/h8,11H,1,3-6H2,2H3/t8-/m1/s1. The van der Waals surface area contributed by atoms with E-state index in [0.717, 1.165) is 25.0 Å². The normalized spacial score (nSPS) is 20.8. The minimum absolute atomic E-state index is 0.184. The van der Waals surface area contributed by atoms with Crippen molar-refractivity contribution in [1.29, 1.82) is 0 Å². The van der Waals surface area contributed by atoms with Crippen molar-refractivity contribution in [1.82, 2.24) is 4.90 Å². The molecule has 3 nitrogen and oxygen atoms in total. The van der Waals surface area contributed by atoms with Crippen LogP contribution in [0.15, 0.2) is 12.2 Å². The highest BCUT2D eigenvalue weighted by atomic mass is 16.3. The Hall–Kier alpha value is -0.830. The molecule has 68 valence electrons. The zero-order valence-electron chi connectivity index (χ0n) is 7.42. The molecule has 1 rings (SSSR count). The number of carbonyl (C=O) groups is 1. The molecule has 1 atom stereocenters. The first-order valence-electron chi connectivity index (χ1n) is 4.25. The number of aliphatic hydroxyl groups is 1. The first-order chi connectivity index (χ1) is 5.61. The van der Waals surface area contributed by atoms with Crippen LogP contribution in [0.3, 0.4) is 0 Å². The molecule has 0 aromatic rings. The molecular weight excluding hydrogens is 154 g/mol. The van der Waals surface area contributed by atoms with Gasteiger partial charge in [0.1, 0.15) is 6.10 Å². The van der Waals surface area contributed by atoms with E-state index in [4.69, 9.17) is 5.11 Å². The minimum atomic E-state index is -0.879. The Kier molecular flexibility index (Phi) is 2.87. The van der Waals surface area contributed by atoms with E-state index in [1.54, 1.807) is 4.90 Å². The predicted molar refractivity (Wildman–Crippen MR) is 46.6 cm³/mol. The lowest BCUT2D eigenvalue weighted by Gasteiger charge is -2.29. The Bertz CT molecular complexity index is 199. The van der Waals surface area contributed by atoms with E-state index in [9.17, 15) is 4.79 Å². The van der Waals surface area contributed by atoms with Gasteiger partial charge in [-0.05, 0) is 19.8 Å². The number of nitrogens with zero attached hydrogens (tertiary/aromatic N) is 1. The molecule has 0 aliphatic carbocycles. The van der Waals surface area contributed by atoms with Gasteiger partial charge in [-0.15, -0.1) is 0 Å². The van der Waals surface area contributed by atoms with Gasteiger partial charge in [0, 0.05) is 13.1 Å². The van der Waals surface area contributed by atoms with Crippen LogP contribution in [0, 0.1) is 0 Å². The van der Waals surface area contributed by atoms with Crippen LogP contribution in [-0.2, 0) is 4.79 Å². The third-order valence-corrected chi connectivity index (χ3v) is 2.04. The van der Waals surface area contributed by atoms with Crippen LogP contribution in [0.1, 0.15) is 19.8 Å². The van der Waals surface area contributed by atoms with Crippen LogP contribution in [0.2, 0.25) is 0 Å². The number of piperidine rings is 1. The van der Waals surface area contributed by atoms with E-state index in [2.05, 4.69) is 6.58 Å². The predicted octanol–water partition coefficient (Wildman–Crippen LogP) is 0.546. The van der Waals surface area contributed by atoms with Gasteiger partial charge in [0.05, 0.1) is 0 Å². The fraction of sp³-hybridized carbons (Fsp3) is 0.667. The van der Waals surface area contributed by atoms with Gasteiger partial charge in [-0.3, -0.25) is 4.79 Å². The molecule has 1 heterocycles. The molecule has 0 saturated carbocycles. The number of rotatable bonds is 1. The van der Waals surface area contributed by atoms with E-state index in [0.29, 0.717) is 6.54 Å². The Morgan fingerprint density at radius 1 is 1.75 bits per heavy atom. The molecule has 1 aliphatic heterocycles. The molecule has 0 spiro atoms. The van der Waals surface area contributed by atoms with E-state index in [1.807, 2.05) is 0 Å². The lowest BCUT2D eigenvalue weighted by atomic mass is 10.1. The smallest absolute Gasteiger partial charge is 0.251 e. The lowest BCUT2D eigenvalue weighted by molar-refractivity contribution is -0.139. The summed E-state index contributed by atoms with van der Waals surface area (Å²) in [4.78, 5) is 12.9. The van der Waals surface area contributed by atoms with Crippen LogP contribution in [0.4, 0.5) is 0 Å². The van der Waals surface area contributed by atoms with Crippen molar-refractivity contribution in [3.8, 4) is 0 Å². The van der Waals surface area contributed by atoms with Crippen molar-refractivity contribution in [3.05, 3.63) is 12.2 Å². The molecule has 3 heteroatoms. The summed E-state index contributed by atoms with van der Waals surface area (Å²) in [7, 11) is 0. The van der Waals surface area contributed by atoms with Crippen molar-refractivity contribution in [2.45, 2.75) is 25.9 Å². The van der Waals surface area contributed by atoms with Crippen LogP contribution < -0.4 is 0 Å². The van der Waals surface area contributed by atoms with Crippen LogP contribution >= 0.6 is 0 Å². The molecule has 12 heavy (non-hydrogen) atoms. The highest BCUT2D eigenvalue weighted by molar-refractivity contribution is 5.80. The molecular formula is C9H15NO2. The second-order valence-electron chi connectivity index (χ2n) is 3.29. The summed E-state index contributed by atoms with van der Waals surface area (Å²) in [5.41, 5.74) is 1.08. The van der Waals surface area contributed by atoms with Gasteiger partial charge in [-0.1, -0.05) is 12.2 Å². The Morgan fingerprint density at radius 2 is 2.42 bits per heavy atom. The number of hydrogen-bond acceptors (Lipinski definition) is 2. The summed E-state index contributed by atoms with van der Waals surface area (Å²) in [6, 6.07) is 0. The molecule has 0 unspecified atom stereocenters. The molecule has 1 N–H and O–H groups in total.